The highest BCUT2D eigenvalue weighted by atomic mass is 32.2. The lowest BCUT2D eigenvalue weighted by molar-refractivity contribution is 0.0850. The second kappa shape index (κ2) is 4.86. The number of aliphatic hydroxyl groups is 1. The van der Waals surface area contributed by atoms with E-state index in [4.69, 9.17) is 4.74 Å². The molecular formula is C13H17FO2S. The first-order chi connectivity index (χ1) is 8.13. The molecule has 1 N–H and O–H groups in total. The van der Waals surface area contributed by atoms with E-state index in [0.717, 1.165) is 19.3 Å². The van der Waals surface area contributed by atoms with Crippen molar-refractivity contribution in [3.63, 3.8) is 0 Å². The van der Waals surface area contributed by atoms with Crippen molar-refractivity contribution in [3.8, 4) is 5.75 Å². The van der Waals surface area contributed by atoms with Crippen molar-refractivity contribution in [2.45, 2.75) is 30.1 Å². The number of hydrogen-bond donors (Lipinski definition) is 1. The second-order valence-corrected chi connectivity index (χ2v) is 5.63. The summed E-state index contributed by atoms with van der Waals surface area (Å²) in [5, 5.41) is 10.5. The first-order valence-electron chi connectivity index (χ1n) is 5.69. The first kappa shape index (κ1) is 12.7. The molecule has 0 aliphatic heterocycles. The van der Waals surface area contributed by atoms with E-state index in [0.29, 0.717) is 11.3 Å². The molecule has 1 atom stereocenters. The zero-order chi connectivity index (χ0) is 12.5. The Bertz CT molecular complexity index is 399. The molecule has 1 saturated carbocycles. The molecule has 1 fully saturated rings. The number of rotatable bonds is 4. The number of hydrogen-bond acceptors (Lipinski definition) is 3. The average Bonchev–Trinajstić information content (AvgIpc) is 2.28. The topological polar surface area (TPSA) is 29.5 Å². The molecule has 2 nitrogen and oxygen atoms in total. The Balaban J connectivity index is 2.35. The van der Waals surface area contributed by atoms with Crippen LogP contribution in [0.4, 0.5) is 4.39 Å². The molecule has 1 aliphatic carbocycles. The molecular weight excluding hydrogens is 239 g/mol. The lowest BCUT2D eigenvalue weighted by atomic mass is 9.77. The molecule has 0 aromatic heterocycles. The van der Waals surface area contributed by atoms with E-state index in [1.807, 2.05) is 6.26 Å². The van der Waals surface area contributed by atoms with Crippen LogP contribution in [0.3, 0.4) is 0 Å². The third-order valence-electron chi connectivity index (χ3n) is 3.59. The standard InChI is InChI=1S/C13H17FO2S/c1-16-11-5-4-9(14)8-10(11)12(15)13(17-2)6-3-7-13/h4-5,8,12,15H,3,6-7H2,1-2H3. The Hall–Kier alpha value is -0.740. The van der Waals surface area contributed by atoms with E-state index in [9.17, 15) is 9.50 Å². The summed E-state index contributed by atoms with van der Waals surface area (Å²) < 4.78 is 18.3. The Morgan fingerprint density at radius 3 is 2.65 bits per heavy atom. The highest BCUT2D eigenvalue weighted by Crippen LogP contribution is 2.52. The Morgan fingerprint density at radius 2 is 2.18 bits per heavy atom. The van der Waals surface area contributed by atoms with Crippen LogP contribution in [0.2, 0.25) is 0 Å². The molecule has 0 radical (unpaired) electrons. The molecule has 17 heavy (non-hydrogen) atoms. The number of methoxy groups -OCH3 is 1. The van der Waals surface area contributed by atoms with Crippen molar-refractivity contribution < 1.29 is 14.2 Å². The van der Waals surface area contributed by atoms with Crippen molar-refractivity contribution in [3.05, 3.63) is 29.6 Å². The molecule has 0 amide bonds. The van der Waals surface area contributed by atoms with Gasteiger partial charge in [0.1, 0.15) is 11.6 Å². The van der Waals surface area contributed by atoms with Gasteiger partial charge >= 0.3 is 0 Å². The molecule has 0 heterocycles. The van der Waals surface area contributed by atoms with Gasteiger partial charge in [0.05, 0.1) is 13.2 Å². The molecule has 1 unspecified atom stereocenters. The maximum absolute atomic E-state index is 13.3. The number of aliphatic hydroxyl groups excluding tert-OH is 1. The monoisotopic (exact) mass is 256 g/mol. The third kappa shape index (κ3) is 2.16. The number of halogens is 1. The van der Waals surface area contributed by atoms with Gasteiger partial charge in [0.15, 0.2) is 0 Å². The smallest absolute Gasteiger partial charge is 0.124 e. The van der Waals surface area contributed by atoms with Crippen molar-refractivity contribution in [1.29, 1.82) is 0 Å². The summed E-state index contributed by atoms with van der Waals surface area (Å²) in [5.74, 6) is 0.217. The maximum atomic E-state index is 13.3. The summed E-state index contributed by atoms with van der Waals surface area (Å²) in [6.45, 7) is 0. The largest absolute Gasteiger partial charge is 0.496 e. The Kier molecular flexibility index (Phi) is 3.64. The molecule has 1 aromatic carbocycles. The van der Waals surface area contributed by atoms with E-state index in [1.165, 1.54) is 19.2 Å². The highest BCUT2D eigenvalue weighted by molar-refractivity contribution is 8.00. The molecule has 1 aromatic rings. The summed E-state index contributed by atoms with van der Waals surface area (Å²) in [4.78, 5) is 0. The molecule has 94 valence electrons. The number of thioether (sulfide) groups is 1. The average molecular weight is 256 g/mol. The summed E-state index contributed by atoms with van der Waals surface area (Å²) in [7, 11) is 1.54. The fraction of sp³-hybridized carbons (Fsp3) is 0.538. The second-order valence-electron chi connectivity index (χ2n) is 4.41. The molecule has 2 rings (SSSR count). The van der Waals surface area contributed by atoms with Crippen molar-refractivity contribution in [1.82, 2.24) is 0 Å². The van der Waals surface area contributed by atoms with Crippen LogP contribution >= 0.6 is 11.8 Å². The summed E-state index contributed by atoms with van der Waals surface area (Å²) in [6, 6.07) is 4.29. The quantitative estimate of drug-likeness (QED) is 0.897. The molecule has 0 bridgehead atoms. The maximum Gasteiger partial charge on any atom is 0.124 e. The van der Waals surface area contributed by atoms with Crippen molar-refractivity contribution in [2.24, 2.45) is 0 Å². The van der Waals surface area contributed by atoms with Gasteiger partial charge in [-0.1, -0.05) is 6.42 Å². The van der Waals surface area contributed by atoms with Gasteiger partial charge < -0.3 is 9.84 Å². The van der Waals surface area contributed by atoms with Crippen LogP contribution in [0, 0.1) is 5.82 Å². The van der Waals surface area contributed by atoms with Gasteiger partial charge in [-0.15, -0.1) is 0 Å². The minimum atomic E-state index is -0.670. The van der Waals surface area contributed by atoms with Gasteiger partial charge in [-0.2, -0.15) is 11.8 Å². The van der Waals surface area contributed by atoms with Gasteiger partial charge in [0.25, 0.3) is 0 Å². The minimum Gasteiger partial charge on any atom is -0.496 e. The van der Waals surface area contributed by atoms with Crippen LogP contribution < -0.4 is 4.74 Å². The van der Waals surface area contributed by atoms with Gasteiger partial charge in [-0.05, 0) is 37.3 Å². The van der Waals surface area contributed by atoms with E-state index in [1.54, 1.807) is 17.8 Å². The number of ether oxygens (including phenoxy) is 1. The molecule has 1 aliphatic rings. The third-order valence-corrected chi connectivity index (χ3v) is 5.04. The number of benzene rings is 1. The van der Waals surface area contributed by atoms with E-state index < -0.39 is 6.10 Å². The highest BCUT2D eigenvalue weighted by Gasteiger charge is 2.44. The van der Waals surface area contributed by atoms with Crippen molar-refractivity contribution in [2.75, 3.05) is 13.4 Å². The van der Waals surface area contributed by atoms with Crippen LogP contribution in [0.15, 0.2) is 18.2 Å². The zero-order valence-electron chi connectivity index (χ0n) is 10.1. The lowest BCUT2D eigenvalue weighted by Crippen LogP contribution is -2.39. The van der Waals surface area contributed by atoms with E-state index in [-0.39, 0.29) is 10.6 Å². The van der Waals surface area contributed by atoms with Crippen molar-refractivity contribution >= 4 is 11.8 Å². The summed E-state index contributed by atoms with van der Waals surface area (Å²) >= 11 is 1.66. The SMILES string of the molecule is COc1ccc(F)cc1C(O)C1(SC)CCC1. The Labute approximate surface area is 105 Å². The van der Waals surface area contributed by atoms with Crippen LogP contribution in [0.1, 0.15) is 30.9 Å². The van der Waals surface area contributed by atoms with Gasteiger partial charge in [-0.25, -0.2) is 4.39 Å². The summed E-state index contributed by atoms with van der Waals surface area (Å²) in [5.41, 5.74) is 0.557. The fourth-order valence-electron chi connectivity index (χ4n) is 2.32. The predicted molar refractivity (Wildman–Crippen MR) is 68.0 cm³/mol. The predicted octanol–water partition coefficient (Wildman–Crippen LogP) is 3.15. The van der Waals surface area contributed by atoms with Gasteiger partial charge in [0.2, 0.25) is 0 Å². The molecule has 4 heteroatoms. The fourth-order valence-corrected chi connectivity index (χ4v) is 3.36. The van der Waals surface area contributed by atoms with Crippen LogP contribution in [-0.4, -0.2) is 23.2 Å². The Morgan fingerprint density at radius 1 is 1.47 bits per heavy atom. The first-order valence-corrected chi connectivity index (χ1v) is 6.92. The van der Waals surface area contributed by atoms with Crippen LogP contribution in [0.25, 0.3) is 0 Å². The normalized spacial score (nSPS) is 19.5. The molecule has 0 saturated heterocycles. The van der Waals surface area contributed by atoms with E-state index in [2.05, 4.69) is 0 Å². The summed E-state index contributed by atoms with van der Waals surface area (Å²) in [6.07, 6.45) is 4.38. The van der Waals surface area contributed by atoms with Crippen LogP contribution in [0.5, 0.6) is 5.75 Å². The lowest BCUT2D eigenvalue weighted by Gasteiger charge is -2.44. The zero-order valence-corrected chi connectivity index (χ0v) is 10.9. The minimum absolute atomic E-state index is 0.166. The van der Waals surface area contributed by atoms with Gasteiger partial charge in [0, 0.05) is 10.3 Å². The van der Waals surface area contributed by atoms with Gasteiger partial charge in [-0.3, -0.25) is 0 Å². The van der Waals surface area contributed by atoms with Crippen LogP contribution in [-0.2, 0) is 0 Å². The van der Waals surface area contributed by atoms with E-state index >= 15 is 0 Å². The molecule has 0 spiro atoms.